The minimum Gasteiger partial charge on any atom is -0.330 e. The summed E-state index contributed by atoms with van der Waals surface area (Å²) in [7, 11) is 0. The van der Waals surface area contributed by atoms with Crippen LogP contribution in [-0.4, -0.2) is 12.3 Å². The van der Waals surface area contributed by atoms with E-state index in [1.54, 1.807) is 6.92 Å². The van der Waals surface area contributed by atoms with E-state index in [4.69, 9.17) is 5.73 Å². The first kappa shape index (κ1) is 15.6. The van der Waals surface area contributed by atoms with Crippen LogP contribution in [0.25, 0.3) is 0 Å². The molecule has 0 aromatic heterocycles. The Kier molecular flexibility index (Phi) is 8.98. The minimum atomic E-state index is -0.0256. The Morgan fingerprint density at radius 1 is 1.41 bits per heavy atom. The van der Waals surface area contributed by atoms with Gasteiger partial charge in [-0.05, 0) is 25.3 Å². The Bertz CT molecular complexity index is 319. The highest BCUT2D eigenvalue weighted by Gasteiger charge is 2.11. The first-order chi connectivity index (χ1) is 8.15. The molecule has 0 aliphatic rings. The molecule has 0 radical (unpaired) electrons. The van der Waals surface area contributed by atoms with E-state index in [0.29, 0.717) is 6.54 Å². The van der Waals surface area contributed by atoms with Gasteiger partial charge < -0.3 is 5.73 Å². The lowest BCUT2D eigenvalue weighted by atomic mass is 9.96. The fraction of sp³-hybridized carbons (Fsp3) is 0.400. The van der Waals surface area contributed by atoms with Gasteiger partial charge in [-0.15, -0.1) is 6.58 Å². The lowest BCUT2D eigenvalue weighted by Gasteiger charge is -2.10. The van der Waals surface area contributed by atoms with Gasteiger partial charge in [-0.25, -0.2) is 0 Å². The molecule has 0 saturated heterocycles. The van der Waals surface area contributed by atoms with Gasteiger partial charge in [0.05, 0.1) is 0 Å². The quantitative estimate of drug-likeness (QED) is 0.794. The van der Waals surface area contributed by atoms with Gasteiger partial charge in [-0.3, -0.25) is 4.79 Å². The van der Waals surface area contributed by atoms with Crippen molar-refractivity contribution in [3.63, 3.8) is 0 Å². The summed E-state index contributed by atoms with van der Waals surface area (Å²) >= 11 is 0. The van der Waals surface area contributed by atoms with Crippen molar-refractivity contribution in [2.45, 2.75) is 26.7 Å². The maximum Gasteiger partial charge on any atom is 0.134 e. The third kappa shape index (κ3) is 7.47. The van der Waals surface area contributed by atoms with Crippen molar-refractivity contribution < 1.29 is 4.79 Å². The van der Waals surface area contributed by atoms with Crippen molar-refractivity contribution in [1.29, 1.82) is 0 Å². The summed E-state index contributed by atoms with van der Waals surface area (Å²) in [5, 5.41) is 0. The third-order valence-corrected chi connectivity index (χ3v) is 2.47. The molecule has 1 rings (SSSR count). The van der Waals surface area contributed by atoms with Gasteiger partial charge >= 0.3 is 0 Å². The van der Waals surface area contributed by atoms with E-state index >= 15 is 0 Å². The predicted octanol–water partition coefficient (Wildman–Crippen LogP) is 2.98. The number of Topliss-reactive ketones (excluding diaryl/α,β-unsaturated/α-hetero) is 1. The van der Waals surface area contributed by atoms with Crippen molar-refractivity contribution >= 4 is 5.78 Å². The summed E-state index contributed by atoms with van der Waals surface area (Å²) in [5.74, 6) is 0.147. The topological polar surface area (TPSA) is 43.1 Å². The van der Waals surface area contributed by atoms with E-state index in [1.807, 2.05) is 36.4 Å². The summed E-state index contributed by atoms with van der Waals surface area (Å²) in [4.78, 5) is 11.1. The molecule has 0 unspecified atom stereocenters. The van der Waals surface area contributed by atoms with Crippen molar-refractivity contribution in [3.8, 4) is 0 Å². The van der Waals surface area contributed by atoms with Crippen LogP contribution in [-0.2, 0) is 11.2 Å². The predicted molar refractivity (Wildman–Crippen MR) is 73.9 cm³/mol. The SMILES string of the molecule is C=CCC.CC(=O)[C@H](CN)Cc1ccccc1. The number of carbonyl (C=O) groups is 1. The van der Waals surface area contributed by atoms with E-state index in [0.717, 1.165) is 12.8 Å². The van der Waals surface area contributed by atoms with E-state index in [2.05, 4.69) is 13.5 Å². The highest BCUT2D eigenvalue weighted by atomic mass is 16.1. The first-order valence-corrected chi connectivity index (χ1v) is 6.01. The molecule has 0 fully saturated rings. The van der Waals surface area contributed by atoms with E-state index in [1.165, 1.54) is 5.56 Å². The molecular weight excluding hydrogens is 210 g/mol. The Morgan fingerprint density at radius 2 is 1.94 bits per heavy atom. The average molecular weight is 233 g/mol. The highest BCUT2D eigenvalue weighted by Crippen LogP contribution is 2.08. The van der Waals surface area contributed by atoms with Gasteiger partial charge in [0, 0.05) is 12.5 Å². The van der Waals surface area contributed by atoms with Crippen LogP contribution in [0.2, 0.25) is 0 Å². The molecule has 0 aliphatic carbocycles. The fourth-order valence-electron chi connectivity index (χ4n) is 1.29. The molecule has 94 valence electrons. The van der Waals surface area contributed by atoms with E-state index in [9.17, 15) is 4.79 Å². The van der Waals surface area contributed by atoms with Crippen LogP contribution < -0.4 is 5.73 Å². The molecule has 0 amide bonds. The number of carbonyl (C=O) groups excluding carboxylic acids is 1. The average Bonchev–Trinajstić information content (AvgIpc) is 2.37. The van der Waals surface area contributed by atoms with E-state index in [-0.39, 0.29) is 11.7 Å². The number of nitrogens with two attached hydrogens (primary N) is 1. The Balaban J connectivity index is 0.000000557. The first-order valence-electron chi connectivity index (χ1n) is 6.01. The third-order valence-electron chi connectivity index (χ3n) is 2.47. The number of hydrogen-bond acceptors (Lipinski definition) is 2. The number of rotatable bonds is 5. The van der Waals surface area contributed by atoms with Gasteiger partial charge in [0.2, 0.25) is 0 Å². The molecule has 0 heterocycles. The van der Waals surface area contributed by atoms with Crippen LogP contribution in [0.1, 0.15) is 25.8 Å². The van der Waals surface area contributed by atoms with Crippen LogP contribution in [0.4, 0.5) is 0 Å². The molecular formula is C15H23NO. The van der Waals surface area contributed by atoms with Crippen LogP contribution in [0.5, 0.6) is 0 Å². The van der Waals surface area contributed by atoms with Crippen LogP contribution in [0.15, 0.2) is 43.0 Å². The molecule has 2 heteroatoms. The minimum absolute atomic E-state index is 0.0256. The molecule has 1 aromatic rings. The zero-order valence-corrected chi connectivity index (χ0v) is 10.9. The molecule has 0 bridgehead atoms. The molecule has 0 aliphatic heterocycles. The van der Waals surface area contributed by atoms with Gasteiger partial charge in [0.15, 0.2) is 0 Å². The zero-order chi connectivity index (χ0) is 13.1. The molecule has 0 saturated carbocycles. The second kappa shape index (κ2) is 9.79. The second-order valence-electron chi connectivity index (χ2n) is 3.93. The van der Waals surface area contributed by atoms with E-state index < -0.39 is 0 Å². The number of benzene rings is 1. The largest absolute Gasteiger partial charge is 0.330 e. The van der Waals surface area contributed by atoms with Crippen molar-refractivity contribution in [1.82, 2.24) is 0 Å². The summed E-state index contributed by atoms with van der Waals surface area (Å²) in [6, 6.07) is 9.96. The Morgan fingerprint density at radius 3 is 2.29 bits per heavy atom. The number of hydrogen-bond donors (Lipinski definition) is 1. The van der Waals surface area contributed by atoms with Crippen molar-refractivity contribution in [2.75, 3.05) is 6.54 Å². The fourth-order valence-corrected chi connectivity index (χ4v) is 1.29. The van der Waals surface area contributed by atoms with Crippen LogP contribution >= 0.6 is 0 Å². The standard InChI is InChI=1S/C11H15NO.C4H8/c1-9(13)11(8-12)7-10-5-3-2-4-6-10;1-3-4-2/h2-6,11H,7-8,12H2,1H3;3H,1,4H2,2H3/t11-;/m0./s1. The molecule has 2 N–H and O–H groups in total. The van der Waals surface area contributed by atoms with Gasteiger partial charge in [-0.1, -0.05) is 43.3 Å². The number of ketones is 1. The maximum atomic E-state index is 11.1. The summed E-state index contributed by atoms with van der Waals surface area (Å²) in [5.41, 5.74) is 6.67. The van der Waals surface area contributed by atoms with Crippen molar-refractivity contribution in [3.05, 3.63) is 48.6 Å². The second-order valence-corrected chi connectivity index (χ2v) is 3.93. The van der Waals surface area contributed by atoms with Crippen LogP contribution in [0.3, 0.4) is 0 Å². The summed E-state index contributed by atoms with van der Waals surface area (Å²) in [6.07, 6.45) is 3.71. The summed E-state index contributed by atoms with van der Waals surface area (Å²) < 4.78 is 0. The Labute approximate surface area is 105 Å². The zero-order valence-electron chi connectivity index (χ0n) is 10.9. The molecule has 1 aromatic carbocycles. The molecule has 1 atom stereocenters. The molecule has 17 heavy (non-hydrogen) atoms. The monoisotopic (exact) mass is 233 g/mol. The lowest BCUT2D eigenvalue weighted by Crippen LogP contribution is -2.23. The van der Waals surface area contributed by atoms with Gasteiger partial charge in [0.25, 0.3) is 0 Å². The van der Waals surface area contributed by atoms with Gasteiger partial charge in [0.1, 0.15) is 5.78 Å². The lowest BCUT2D eigenvalue weighted by molar-refractivity contribution is -0.120. The van der Waals surface area contributed by atoms with Crippen LogP contribution in [0, 0.1) is 5.92 Å². The summed E-state index contributed by atoms with van der Waals surface area (Å²) in [6.45, 7) is 7.57. The highest BCUT2D eigenvalue weighted by molar-refractivity contribution is 5.78. The molecule has 0 spiro atoms. The smallest absolute Gasteiger partial charge is 0.134 e. The van der Waals surface area contributed by atoms with Gasteiger partial charge in [-0.2, -0.15) is 0 Å². The van der Waals surface area contributed by atoms with Crippen molar-refractivity contribution in [2.24, 2.45) is 11.7 Å². The molecule has 2 nitrogen and oxygen atoms in total. The normalized spacial score (nSPS) is 11.0. The Hall–Kier alpha value is -1.41. The number of allylic oxidation sites excluding steroid dienone is 1. The maximum absolute atomic E-state index is 11.1.